The topological polar surface area (TPSA) is 24.3 Å². The van der Waals surface area contributed by atoms with E-state index in [4.69, 9.17) is 16.6 Å². The van der Waals surface area contributed by atoms with Crippen molar-refractivity contribution in [2.75, 3.05) is 31.1 Å². The fraction of sp³-hybridized carbons (Fsp3) is 0.321. The summed E-state index contributed by atoms with van der Waals surface area (Å²) in [4.78, 5) is 8.91. The molecule has 0 N–H and O–H groups in total. The largest absolute Gasteiger partial charge is 0.416 e. The molecule has 0 atom stereocenters. The highest BCUT2D eigenvalue weighted by atomic mass is 35.5. The van der Waals surface area contributed by atoms with Gasteiger partial charge in [-0.15, -0.1) is 0 Å². The van der Waals surface area contributed by atoms with E-state index in [0.717, 1.165) is 40.2 Å². The third-order valence-corrected chi connectivity index (χ3v) is 7.18. The number of para-hydroxylation sites is 1. The molecule has 39 heavy (non-hydrogen) atoms. The Kier molecular flexibility index (Phi) is 7.28. The predicted molar refractivity (Wildman–Crippen MR) is 139 cm³/mol. The molecule has 4 nitrogen and oxygen atoms in total. The molecule has 5 rings (SSSR count). The number of hydrogen-bond donors (Lipinski definition) is 0. The molecule has 1 fully saturated rings. The van der Waals surface area contributed by atoms with Gasteiger partial charge in [0.1, 0.15) is 0 Å². The minimum absolute atomic E-state index is 0.0128. The zero-order chi connectivity index (χ0) is 27.9. The normalized spacial score (nSPS) is 15.3. The molecule has 11 heteroatoms. The van der Waals surface area contributed by atoms with Crippen molar-refractivity contribution in [3.8, 4) is 0 Å². The number of imidazole rings is 1. The summed E-state index contributed by atoms with van der Waals surface area (Å²) in [6.07, 6.45) is -9.73. The van der Waals surface area contributed by atoms with Crippen molar-refractivity contribution in [1.82, 2.24) is 14.5 Å². The van der Waals surface area contributed by atoms with Crippen LogP contribution in [0, 0.1) is 6.92 Å². The Morgan fingerprint density at radius 2 is 1.38 bits per heavy atom. The molecule has 0 aliphatic carbocycles. The van der Waals surface area contributed by atoms with Gasteiger partial charge in [-0.05, 0) is 60.0 Å². The van der Waals surface area contributed by atoms with Gasteiger partial charge in [-0.2, -0.15) is 26.3 Å². The van der Waals surface area contributed by atoms with E-state index in [2.05, 4.69) is 9.47 Å². The number of halogens is 7. The van der Waals surface area contributed by atoms with Gasteiger partial charge in [0.05, 0.1) is 28.7 Å². The molecule has 0 saturated carbocycles. The van der Waals surface area contributed by atoms with Gasteiger partial charge in [0.25, 0.3) is 0 Å². The van der Waals surface area contributed by atoms with E-state index in [1.54, 1.807) is 0 Å². The Morgan fingerprint density at radius 1 is 0.769 bits per heavy atom. The van der Waals surface area contributed by atoms with Crippen LogP contribution in [0.3, 0.4) is 0 Å². The van der Waals surface area contributed by atoms with Gasteiger partial charge in [0.2, 0.25) is 5.95 Å². The lowest BCUT2D eigenvalue weighted by molar-refractivity contribution is -0.143. The van der Waals surface area contributed by atoms with Crippen molar-refractivity contribution in [2.45, 2.75) is 32.4 Å². The number of nitrogens with zero attached hydrogens (tertiary/aromatic N) is 4. The van der Waals surface area contributed by atoms with Gasteiger partial charge in [0.15, 0.2) is 0 Å². The third-order valence-electron chi connectivity index (χ3n) is 6.92. The zero-order valence-electron chi connectivity index (χ0n) is 21.0. The number of alkyl halides is 6. The fourth-order valence-corrected chi connectivity index (χ4v) is 5.05. The summed E-state index contributed by atoms with van der Waals surface area (Å²) in [5.41, 5.74) is 1.33. The van der Waals surface area contributed by atoms with E-state index in [1.165, 1.54) is 0 Å². The van der Waals surface area contributed by atoms with Crippen LogP contribution in [0.1, 0.15) is 27.8 Å². The lowest BCUT2D eigenvalue weighted by atomic mass is 10.0. The van der Waals surface area contributed by atoms with Crippen molar-refractivity contribution in [3.05, 3.63) is 93.5 Å². The van der Waals surface area contributed by atoms with Crippen molar-refractivity contribution in [1.29, 1.82) is 0 Å². The summed E-state index contributed by atoms with van der Waals surface area (Å²) in [5, 5.41) is 0.643. The summed E-state index contributed by atoms with van der Waals surface area (Å²) >= 11 is 6.05. The first kappa shape index (κ1) is 27.3. The maximum Gasteiger partial charge on any atom is 0.416 e. The van der Waals surface area contributed by atoms with Crippen molar-refractivity contribution in [2.24, 2.45) is 0 Å². The first-order valence-electron chi connectivity index (χ1n) is 12.3. The molecule has 0 spiro atoms. The summed E-state index contributed by atoms with van der Waals surface area (Å²) in [5.74, 6) is 0.771. The second-order valence-corrected chi connectivity index (χ2v) is 10.2. The predicted octanol–water partition coefficient (Wildman–Crippen LogP) is 7.41. The molecule has 1 saturated heterocycles. The molecule has 0 unspecified atom stereocenters. The Balaban J connectivity index is 1.37. The van der Waals surface area contributed by atoms with Gasteiger partial charge in [-0.3, -0.25) is 4.90 Å². The number of piperazine rings is 1. The fourth-order valence-electron chi connectivity index (χ4n) is 4.92. The highest BCUT2D eigenvalue weighted by molar-refractivity contribution is 6.30. The van der Waals surface area contributed by atoms with Crippen LogP contribution >= 0.6 is 11.6 Å². The van der Waals surface area contributed by atoms with Crippen LogP contribution in [0.15, 0.2) is 60.7 Å². The van der Waals surface area contributed by atoms with Gasteiger partial charge in [-0.1, -0.05) is 35.9 Å². The summed E-state index contributed by atoms with van der Waals surface area (Å²) < 4.78 is 81.8. The van der Waals surface area contributed by atoms with E-state index < -0.39 is 23.5 Å². The highest BCUT2D eigenvalue weighted by Gasteiger charge is 2.37. The number of fused-ring (bicyclic) bond motifs is 1. The third kappa shape index (κ3) is 6.01. The van der Waals surface area contributed by atoms with Gasteiger partial charge < -0.3 is 9.47 Å². The van der Waals surface area contributed by atoms with E-state index in [-0.39, 0.29) is 18.2 Å². The summed E-state index contributed by atoms with van der Waals surface area (Å²) in [7, 11) is 0. The average molecular weight is 567 g/mol. The monoisotopic (exact) mass is 566 g/mol. The molecule has 2 heterocycles. The molecule has 0 bridgehead atoms. The van der Waals surface area contributed by atoms with Crippen LogP contribution < -0.4 is 4.90 Å². The number of hydrogen-bond acceptors (Lipinski definition) is 3. The molecule has 1 aliphatic heterocycles. The van der Waals surface area contributed by atoms with E-state index in [9.17, 15) is 26.3 Å². The SMILES string of the molecule is Cc1cccc2c1nc(N1CCN(Cc3cc(C(F)(F)F)cc(C(F)(F)F)c3)CC1)n2Cc1ccc(Cl)cc1. The van der Waals surface area contributed by atoms with Crippen molar-refractivity contribution < 1.29 is 26.3 Å². The Labute approximate surface area is 226 Å². The molecule has 4 aromatic rings. The average Bonchev–Trinajstić information content (AvgIpc) is 3.24. The quantitative estimate of drug-likeness (QED) is 0.235. The highest BCUT2D eigenvalue weighted by Crippen LogP contribution is 2.37. The van der Waals surface area contributed by atoms with E-state index >= 15 is 0 Å². The van der Waals surface area contributed by atoms with Crippen LogP contribution in [0.2, 0.25) is 5.02 Å². The minimum atomic E-state index is -4.87. The molecule has 0 radical (unpaired) electrons. The number of rotatable bonds is 5. The standard InChI is InChI=1S/C28H25ClF6N4/c1-18-3-2-4-24-25(18)36-26(39(24)17-19-5-7-23(29)8-6-19)38-11-9-37(10-12-38)16-20-13-21(27(30,31)32)15-22(14-20)28(33,34)35/h2-8,13-15H,9-12,16-17H2,1H3. The van der Waals surface area contributed by atoms with Crippen molar-refractivity contribution in [3.63, 3.8) is 0 Å². The van der Waals surface area contributed by atoms with Crippen LogP contribution in [0.25, 0.3) is 11.0 Å². The van der Waals surface area contributed by atoms with Crippen LogP contribution in [0.5, 0.6) is 0 Å². The molecule has 1 aliphatic rings. The Bertz CT molecular complexity index is 1440. The number of benzene rings is 3. The Morgan fingerprint density at radius 3 is 1.97 bits per heavy atom. The first-order chi connectivity index (χ1) is 18.4. The smallest absolute Gasteiger partial charge is 0.340 e. The maximum atomic E-state index is 13.3. The second kappa shape index (κ2) is 10.4. The van der Waals surface area contributed by atoms with Gasteiger partial charge in [0, 0.05) is 37.7 Å². The van der Waals surface area contributed by atoms with E-state index in [0.29, 0.717) is 37.7 Å². The Hall–Kier alpha value is -3.24. The number of aromatic nitrogens is 2. The molecular weight excluding hydrogens is 542 g/mol. The molecule has 0 amide bonds. The van der Waals surface area contributed by atoms with Gasteiger partial charge >= 0.3 is 12.4 Å². The van der Waals surface area contributed by atoms with Crippen molar-refractivity contribution >= 4 is 28.6 Å². The molecular formula is C28H25ClF6N4. The van der Waals surface area contributed by atoms with E-state index in [1.807, 2.05) is 54.3 Å². The van der Waals surface area contributed by atoms with Crippen LogP contribution in [-0.2, 0) is 25.4 Å². The lowest BCUT2D eigenvalue weighted by Gasteiger charge is -2.35. The lowest BCUT2D eigenvalue weighted by Crippen LogP contribution is -2.47. The molecule has 1 aromatic heterocycles. The maximum absolute atomic E-state index is 13.3. The second-order valence-electron chi connectivity index (χ2n) is 9.74. The summed E-state index contributed by atoms with van der Waals surface area (Å²) in [6, 6.07) is 15.3. The zero-order valence-corrected chi connectivity index (χ0v) is 21.7. The number of aryl methyl sites for hydroxylation is 1. The van der Waals surface area contributed by atoms with Crippen LogP contribution in [0.4, 0.5) is 32.3 Å². The summed E-state index contributed by atoms with van der Waals surface area (Å²) in [6.45, 7) is 4.51. The molecule has 206 valence electrons. The van der Waals surface area contributed by atoms with Gasteiger partial charge in [-0.25, -0.2) is 4.98 Å². The first-order valence-corrected chi connectivity index (χ1v) is 12.7. The number of anilines is 1. The molecule has 3 aromatic carbocycles. The van der Waals surface area contributed by atoms with Crippen LogP contribution in [-0.4, -0.2) is 40.6 Å². The minimum Gasteiger partial charge on any atom is -0.340 e.